The first kappa shape index (κ1) is 19.7. The van der Waals surface area contributed by atoms with Crippen molar-refractivity contribution in [3.05, 3.63) is 77.7 Å². The third-order valence-electron chi connectivity index (χ3n) is 3.70. The number of allylic oxidation sites excluding steroid dienone is 4. The molecule has 1 unspecified atom stereocenters. The third-order valence-corrected chi connectivity index (χ3v) is 4.84. The van der Waals surface area contributed by atoms with Crippen LogP contribution in [0.1, 0.15) is 29.9 Å². The molecule has 2 aromatic rings. The normalized spacial score (nSPS) is 13.3. The summed E-state index contributed by atoms with van der Waals surface area (Å²) < 4.78 is 5.19. The number of nitrogens with zero attached hydrogens (tertiary/aromatic N) is 1. The maximum absolute atomic E-state index is 12.4. The summed E-state index contributed by atoms with van der Waals surface area (Å²) in [6, 6.07) is 7.65. The molecule has 0 spiro atoms. The van der Waals surface area contributed by atoms with Crippen LogP contribution < -0.4 is 5.32 Å². The van der Waals surface area contributed by atoms with E-state index in [1.807, 2.05) is 68.5 Å². The first-order valence-electron chi connectivity index (χ1n) is 8.47. The summed E-state index contributed by atoms with van der Waals surface area (Å²) in [7, 11) is 1.67. The monoisotopic (exact) mass is 368 g/mol. The standard InChI is InChI=1S/C21H24N2O2S/c1-4-18(25-3)9-7-5-6-8-16(2)23-21(24)20-11-10-19(26-20)17-12-14-22-15-13-17/h4-8,10-16H,9H2,1-3H3,(H,23,24)/b7-5?,8-6+,18-4+. The van der Waals surface area contributed by atoms with Gasteiger partial charge in [0.1, 0.15) is 0 Å². The summed E-state index contributed by atoms with van der Waals surface area (Å²) in [5.74, 6) is 0.866. The van der Waals surface area contributed by atoms with Crippen LogP contribution in [0.3, 0.4) is 0 Å². The van der Waals surface area contributed by atoms with Crippen molar-refractivity contribution in [2.24, 2.45) is 0 Å². The van der Waals surface area contributed by atoms with Crippen LogP contribution in [-0.2, 0) is 4.74 Å². The Kier molecular flexibility index (Phi) is 7.83. The van der Waals surface area contributed by atoms with Crippen LogP contribution in [0.4, 0.5) is 0 Å². The molecule has 0 radical (unpaired) electrons. The second-order valence-electron chi connectivity index (χ2n) is 5.64. The van der Waals surface area contributed by atoms with Crippen LogP contribution in [-0.4, -0.2) is 24.0 Å². The van der Waals surface area contributed by atoms with E-state index < -0.39 is 0 Å². The Morgan fingerprint density at radius 3 is 2.73 bits per heavy atom. The number of nitrogens with one attached hydrogen (secondary N) is 1. The molecule has 1 N–H and O–H groups in total. The van der Waals surface area contributed by atoms with Crippen molar-refractivity contribution in [2.45, 2.75) is 26.3 Å². The molecule has 0 bridgehead atoms. The number of methoxy groups -OCH3 is 1. The molecule has 2 rings (SSSR count). The zero-order valence-electron chi connectivity index (χ0n) is 15.3. The van der Waals surface area contributed by atoms with Gasteiger partial charge < -0.3 is 10.1 Å². The molecule has 1 atom stereocenters. The Labute approximate surface area is 158 Å². The fourth-order valence-corrected chi connectivity index (χ4v) is 3.18. The van der Waals surface area contributed by atoms with E-state index >= 15 is 0 Å². The predicted octanol–water partition coefficient (Wildman–Crippen LogP) is 4.98. The molecule has 2 heterocycles. The lowest BCUT2D eigenvalue weighted by Gasteiger charge is -2.07. The highest BCUT2D eigenvalue weighted by atomic mass is 32.1. The lowest BCUT2D eigenvalue weighted by atomic mass is 10.2. The van der Waals surface area contributed by atoms with Gasteiger partial charge in [0.15, 0.2) is 0 Å². The van der Waals surface area contributed by atoms with E-state index in [-0.39, 0.29) is 11.9 Å². The lowest BCUT2D eigenvalue weighted by molar-refractivity contribution is 0.0951. The van der Waals surface area contributed by atoms with Gasteiger partial charge in [-0.05, 0) is 49.8 Å². The maximum Gasteiger partial charge on any atom is 0.261 e. The number of rotatable bonds is 8. The van der Waals surface area contributed by atoms with Gasteiger partial charge in [-0.25, -0.2) is 0 Å². The van der Waals surface area contributed by atoms with Crippen LogP contribution >= 0.6 is 11.3 Å². The van der Waals surface area contributed by atoms with E-state index in [1.165, 1.54) is 11.3 Å². The van der Waals surface area contributed by atoms with Crippen LogP contribution in [0, 0.1) is 0 Å². The first-order chi connectivity index (χ1) is 12.6. The minimum absolute atomic E-state index is 0.0535. The molecule has 2 aromatic heterocycles. The molecular weight excluding hydrogens is 344 g/mol. The summed E-state index contributed by atoms with van der Waals surface area (Å²) in [6.07, 6.45) is 14.1. The Morgan fingerprint density at radius 2 is 2.04 bits per heavy atom. The van der Waals surface area contributed by atoms with Crippen molar-refractivity contribution < 1.29 is 9.53 Å². The predicted molar refractivity (Wildman–Crippen MR) is 108 cm³/mol. The van der Waals surface area contributed by atoms with Crippen LogP contribution in [0.5, 0.6) is 0 Å². The van der Waals surface area contributed by atoms with Gasteiger partial charge in [0.05, 0.1) is 17.7 Å². The fourth-order valence-electron chi connectivity index (χ4n) is 2.27. The number of carbonyl (C=O) groups is 1. The number of hydrogen-bond donors (Lipinski definition) is 1. The average Bonchev–Trinajstić information content (AvgIpc) is 3.16. The summed E-state index contributed by atoms with van der Waals surface area (Å²) >= 11 is 1.48. The quantitative estimate of drug-likeness (QED) is 0.528. The van der Waals surface area contributed by atoms with E-state index in [2.05, 4.69) is 10.3 Å². The lowest BCUT2D eigenvalue weighted by Crippen LogP contribution is -2.30. The number of pyridine rings is 1. The second kappa shape index (κ2) is 10.4. The van der Waals surface area contributed by atoms with Crippen molar-refractivity contribution in [3.8, 4) is 10.4 Å². The van der Waals surface area contributed by atoms with E-state index in [9.17, 15) is 4.79 Å². The largest absolute Gasteiger partial charge is 0.501 e. The molecule has 4 nitrogen and oxygen atoms in total. The van der Waals surface area contributed by atoms with Crippen LogP contribution in [0.15, 0.2) is 72.8 Å². The van der Waals surface area contributed by atoms with Crippen molar-refractivity contribution >= 4 is 17.2 Å². The van der Waals surface area contributed by atoms with Crippen LogP contribution in [0.25, 0.3) is 10.4 Å². The van der Waals surface area contributed by atoms with E-state index in [1.54, 1.807) is 19.5 Å². The van der Waals surface area contributed by atoms with Crippen molar-refractivity contribution in [3.63, 3.8) is 0 Å². The minimum Gasteiger partial charge on any atom is -0.501 e. The summed E-state index contributed by atoms with van der Waals surface area (Å²) in [5.41, 5.74) is 1.07. The second-order valence-corrected chi connectivity index (χ2v) is 6.72. The topological polar surface area (TPSA) is 51.2 Å². The third kappa shape index (κ3) is 6.01. The van der Waals surface area contributed by atoms with Gasteiger partial charge in [-0.15, -0.1) is 11.3 Å². The highest BCUT2D eigenvalue weighted by molar-refractivity contribution is 7.17. The Balaban J connectivity index is 1.86. The van der Waals surface area contributed by atoms with Crippen molar-refractivity contribution in [2.75, 3.05) is 7.11 Å². The Bertz CT molecular complexity index is 791. The molecular formula is C21H24N2O2S. The maximum atomic E-state index is 12.4. The number of amides is 1. The first-order valence-corrected chi connectivity index (χ1v) is 9.29. The molecule has 0 aliphatic rings. The number of hydrogen-bond acceptors (Lipinski definition) is 4. The van der Waals surface area contributed by atoms with Gasteiger partial charge in [-0.1, -0.05) is 24.3 Å². The minimum atomic E-state index is -0.0629. The fraction of sp³-hybridized carbons (Fsp3) is 0.238. The zero-order valence-corrected chi connectivity index (χ0v) is 16.1. The van der Waals surface area contributed by atoms with Gasteiger partial charge in [0.25, 0.3) is 5.91 Å². The number of thiophene rings is 1. The molecule has 0 aliphatic heterocycles. The number of aromatic nitrogens is 1. The molecule has 0 fully saturated rings. The van der Waals surface area contributed by atoms with Crippen LogP contribution in [0.2, 0.25) is 0 Å². The molecule has 0 saturated carbocycles. The average molecular weight is 369 g/mol. The van der Waals surface area contributed by atoms with Crippen molar-refractivity contribution in [1.29, 1.82) is 0 Å². The molecule has 1 amide bonds. The van der Waals surface area contributed by atoms with Gasteiger partial charge in [0, 0.05) is 29.7 Å². The molecule has 0 aliphatic carbocycles. The number of ether oxygens (including phenoxy) is 1. The summed E-state index contributed by atoms with van der Waals surface area (Å²) in [5, 5.41) is 2.99. The SMILES string of the molecule is C/C=C(\CC=C/C=C/C(C)NC(=O)c1ccc(-c2ccncc2)s1)OC. The zero-order chi connectivity index (χ0) is 18.8. The van der Waals surface area contributed by atoms with E-state index in [0.29, 0.717) is 4.88 Å². The van der Waals surface area contributed by atoms with E-state index in [4.69, 9.17) is 4.74 Å². The number of carbonyl (C=O) groups excluding carboxylic acids is 1. The molecule has 5 heteroatoms. The van der Waals surface area contributed by atoms with Gasteiger partial charge >= 0.3 is 0 Å². The summed E-state index contributed by atoms with van der Waals surface area (Å²) in [4.78, 5) is 18.1. The molecule has 26 heavy (non-hydrogen) atoms. The molecule has 0 saturated heterocycles. The van der Waals surface area contributed by atoms with Gasteiger partial charge in [0.2, 0.25) is 0 Å². The van der Waals surface area contributed by atoms with Gasteiger partial charge in [-0.2, -0.15) is 0 Å². The molecule has 136 valence electrons. The smallest absolute Gasteiger partial charge is 0.261 e. The van der Waals surface area contributed by atoms with E-state index in [0.717, 1.165) is 22.6 Å². The van der Waals surface area contributed by atoms with Gasteiger partial charge in [-0.3, -0.25) is 9.78 Å². The Hall–Kier alpha value is -2.66. The highest BCUT2D eigenvalue weighted by Gasteiger charge is 2.11. The highest BCUT2D eigenvalue weighted by Crippen LogP contribution is 2.27. The van der Waals surface area contributed by atoms with Crippen molar-refractivity contribution in [1.82, 2.24) is 10.3 Å². The molecule has 0 aromatic carbocycles. The Morgan fingerprint density at radius 1 is 1.27 bits per heavy atom. The summed E-state index contributed by atoms with van der Waals surface area (Å²) in [6.45, 7) is 3.90.